The quantitative estimate of drug-likeness (QED) is 0.129. The number of aliphatic carboxylic acids is 1. The summed E-state index contributed by atoms with van der Waals surface area (Å²) < 4.78 is 0.690. The maximum absolute atomic E-state index is 13.2. The number of nitrogens with zero attached hydrogens (tertiary/aromatic N) is 5. The summed E-state index contributed by atoms with van der Waals surface area (Å²) in [4.78, 5) is 49.6. The van der Waals surface area contributed by atoms with Crippen molar-refractivity contribution in [3.8, 4) is 0 Å². The number of carbonyl (C=O) groups is 3. The molecule has 3 aliphatic rings. The van der Waals surface area contributed by atoms with Crippen molar-refractivity contribution in [3.05, 3.63) is 28.2 Å². The van der Waals surface area contributed by atoms with Crippen molar-refractivity contribution in [3.63, 3.8) is 0 Å². The van der Waals surface area contributed by atoms with Crippen molar-refractivity contribution in [2.24, 2.45) is 10.6 Å². The molecule has 0 aromatic carbocycles. The van der Waals surface area contributed by atoms with Crippen LogP contribution in [0.25, 0.3) is 0 Å². The van der Waals surface area contributed by atoms with Crippen LogP contribution < -0.4 is 11.1 Å². The molecule has 3 unspecified atom stereocenters. The highest BCUT2D eigenvalue weighted by Crippen LogP contribution is 2.44. The van der Waals surface area contributed by atoms with E-state index < -0.39 is 23.3 Å². The fourth-order valence-corrected chi connectivity index (χ4v) is 8.29. The largest absolute Gasteiger partial charge is 0.481 e. The number of amides is 2. The lowest BCUT2D eigenvalue weighted by atomic mass is 9.89. The number of carbonyl (C=O) groups excluding carboxylic acids is 2. The zero-order valence-electron chi connectivity index (χ0n) is 19.5. The third-order valence-electron chi connectivity index (χ3n) is 6.09. The minimum atomic E-state index is -1.14. The molecule has 5 rings (SSSR count). The first kappa shape index (κ1) is 25.9. The van der Waals surface area contributed by atoms with Gasteiger partial charge >= 0.3 is 5.97 Å². The highest BCUT2D eigenvalue weighted by atomic mass is 32.2. The summed E-state index contributed by atoms with van der Waals surface area (Å²) in [6, 6.07) is -0.810. The number of β-lactam (4-membered cyclic amide) rings is 1. The molecular formula is C21H23N7O5S4. The van der Waals surface area contributed by atoms with Crippen LogP contribution in [0.3, 0.4) is 0 Å². The van der Waals surface area contributed by atoms with Crippen LogP contribution in [-0.2, 0) is 19.2 Å². The summed E-state index contributed by atoms with van der Waals surface area (Å²) >= 11 is 5.23. The van der Waals surface area contributed by atoms with E-state index in [2.05, 4.69) is 25.7 Å². The van der Waals surface area contributed by atoms with Crippen molar-refractivity contribution in [1.29, 1.82) is 0 Å². The monoisotopic (exact) mass is 581 g/mol. The molecule has 2 aromatic rings. The minimum absolute atomic E-state index is 0.0523. The molecule has 1 aliphatic carbocycles. The smallest absolute Gasteiger partial charge is 0.313 e. The number of thioether (sulfide) groups is 2. The molecule has 2 fully saturated rings. The van der Waals surface area contributed by atoms with Gasteiger partial charge in [-0.2, -0.15) is 0 Å². The number of fused-ring (bicyclic) bond motifs is 1. The van der Waals surface area contributed by atoms with E-state index in [9.17, 15) is 19.5 Å². The summed E-state index contributed by atoms with van der Waals surface area (Å²) in [7, 11) is 0. The second-order valence-electron chi connectivity index (χ2n) is 8.74. The minimum Gasteiger partial charge on any atom is -0.481 e. The van der Waals surface area contributed by atoms with E-state index in [1.165, 1.54) is 39.8 Å². The van der Waals surface area contributed by atoms with Gasteiger partial charge in [0.05, 0.1) is 0 Å². The Kier molecular flexibility index (Phi) is 7.42. The van der Waals surface area contributed by atoms with E-state index >= 15 is 0 Å². The Hall–Kier alpha value is -2.69. The van der Waals surface area contributed by atoms with Crippen molar-refractivity contribution in [2.75, 3.05) is 23.8 Å². The summed E-state index contributed by atoms with van der Waals surface area (Å²) in [5.74, 6) is -1.38. The molecule has 4 heterocycles. The van der Waals surface area contributed by atoms with Crippen molar-refractivity contribution in [2.45, 2.75) is 41.6 Å². The number of oxime groups is 1. The number of rotatable bonds is 9. The Morgan fingerprint density at radius 1 is 1.43 bits per heavy atom. The standard InChI is InChI=1S/C21H23N7O5S4/c1-10-25-26-20(37-10)36-9-21(18(31)32)7-28-16(30)14(17(28)35-8-21)24-15(29)13(12-6-34-19(22)23-12)27-33-11-4-2-3-5-11/h2,4,6,11,14,17H,3,5,7-9H2,1H3,(H2,22,23)(H,24,29)(H,31,32)/t11?,14?,17-,21?/m1/s1. The first-order chi connectivity index (χ1) is 17.8. The molecule has 2 aromatic heterocycles. The number of thiazole rings is 1. The van der Waals surface area contributed by atoms with E-state index in [1.54, 1.807) is 5.38 Å². The molecule has 0 radical (unpaired) electrons. The summed E-state index contributed by atoms with van der Waals surface area (Å²) in [5.41, 5.74) is 4.80. The van der Waals surface area contributed by atoms with Gasteiger partial charge in [-0.3, -0.25) is 14.4 Å². The summed E-state index contributed by atoms with van der Waals surface area (Å²) in [6.07, 6.45) is 5.24. The maximum atomic E-state index is 13.2. The predicted molar refractivity (Wildman–Crippen MR) is 142 cm³/mol. The molecule has 2 saturated heterocycles. The molecule has 196 valence electrons. The first-order valence-corrected chi connectivity index (χ1v) is 15.0. The van der Waals surface area contributed by atoms with Gasteiger partial charge in [-0.25, -0.2) is 4.98 Å². The molecule has 2 amide bonds. The topological polar surface area (TPSA) is 173 Å². The predicted octanol–water partition coefficient (Wildman–Crippen LogP) is 1.59. The van der Waals surface area contributed by atoms with E-state index in [0.717, 1.165) is 29.2 Å². The van der Waals surface area contributed by atoms with E-state index in [1.807, 2.05) is 19.1 Å². The van der Waals surface area contributed by atoms with Gasteiger partial charge in [-0.15, -0.1) is 33.3 Å². The number of allylic oxidation sites excluding steroid dienone is 1. The molecule has 0 spiro atoms. The van der Waals surface area contributed by atoms with Crippen LogP contribution in [0.15, 0.2) is 27.0 Å². The van der Waals surface area contributed by atoms with Gasteiger partial charge in [-0.05, 0) is 25.8 Å². The van der Waals surface area contributed by atoms with Gasteiger partial charge in [0.25, 0.3) is 5.91 Å². The third-order valence-corrected chi connectivity index (χ3v) is 10.6. The van der Waals surface area contributed by atoms with Gasteiger partial charge in [0.2, 0.25) is 5.91 Å². The number of aryl methyl sites for hydroxylation is 1. The first-order valence-electron chi connectivity index (χ1n) is 11.3. The maximum Gasteiger partial charge on any atom is 0.313 e. The molecule has 37 heavy (non-hydrogen) atoms. The molecule has 2 aliphatic heterocycles. The molecule has 12 nitrogen and oxygen atoms in total. The Labute approximate surface area is 228 Å². The van der Waals surface area contributed by atoms with E-state index in [4.69, 9.17) is 10.6 Å². The fourth-order valence-electron chi connectivity index (χ4n) is 4.07. The van der Waals surface area contributed by atoms with Crippen molar-refractivity contribution >= 4 is 74.8 Å². The second kappa shape index (κ2) is 10.6. The van der Waals surface area contributed by atoms with Crippen LogP contribution in [-0.4, -0.2) is 84.3 Å². The molecule has 4 N–H and O–H groups in total. The normalized spacial score (nSPS) is 27.1. The summed E-state index contributed by atoms with van der Waals surface area (Å²) in [6.45, 7) is 1.89. The van der Waals surface area contributed by atoms with E-state index in [-0.39, 0.29) is 52.0 Å². The number of carboxylic acids is 1. The second-order valence-corrected chi connectivity index (χ2v) is 13.1. The number of hydrogen-bond donors (Lipinski definition) is 3. The van der Waals surface area contributed by atoms with Gasteiger partial charge in [0.15, 0.2) is 15.2 Å². The lowest BCUT2D eigenvalue weighted by molar-refractivity contribution is -0.157. The average molecular weight is 582 g/mol. The van der Waals surface area contributed by atoms with Crippen molar-refractivity contribution in [1.82, 2.24) is 25.4 Å². The number of anilines is 1. The van der Waals surface area contributed by atoms with Gasteiger partial charge in [0.1, 0.15) is 33.6 Å². The number of nitrogens with two attached hydrogens (primary N) is 1. The SMILES string of the molecule is Cc1nnc(SCC2(C(=O)O)CS[C@@H]3C(NC(=O)C(=NOC4C=CCC4)c4csc(N)n4)C(=O)N3C2)s1. The fraction of sp³-hybridized carbons (Fsp3) is 0.476. The highest BCUT2D eigenvalue weighted by molar-refractivity contribution is 8.01. The number of nitrogens with one attached hydrogen (secondary N) is 1. The van der Waals surface area contributed by atoms with Crippen molar-refractivity contribution < 1.29 is 24.3 Å². The Balaban J connectivity index is 1.25. The lowest BCUT2D eigenvalue weighted by Gasteiger charge is -2.53. The molecule has 0 bridgehead atoms. The van der Waals surface area contributed by atoms with Crippen LogP contribution in [0.2, 0.25) is 0 Å². The Bertz CT molecular complexity index is 1280. The molecular weight excluding hydrogens is 559 g/mol. The zero-order valence-corrected chi connectivity index (χ0v) is 22.8. The van der Waals surface area contributed by atoms with Gasteiger partial charge in [0, 0.05) is 23.4 Å². The third kappa shape index (κ3) is 5.32. The van der Waals surface area contributed by atoms with Crippen LogP contribution in [0, 0.1) is 12.3 Å². The molecule has 16 heteroatoms. The highest BCUT2D eigenvalue weighted by Gasteiger charge is 2.57. The Morgan fingerprint density at radius 3 is 2.92 bits per heavy atom. The molecule has 0 saturated carbocycles. The number of aromatic nitrogens is 3. The number of carboxylic acid groups (broad SMARTS) is 1. The zero-order chi connectivity index (χ0) is 26.2. The molecule has 4 atom stereocenters. The average Bonchev–Trinajstić information content (AvgIpc) is 3.64. The number of nitrogen functional groups attached to an aromatic ring is 1. The summed E-state index contributed by atoms with van der Waals surface area (Å²) in [5, 5.41) is 27.1. The van der Waals surface area contributed by atoms with Crippen LogP contribution in [0.4, 0.5) is 5.13 Å². The van der Waals surface area contributed by atoms with Gasteiger partial charge in [-0.1, -0.05) is 34.3 Å². The van der Waals surface area contributed by atoms with Crippen LogP contribution in [0.1, 0.15) is 23.5 Å². The van der Waals surface area contributed by atoms with Crippen LogP contribution in [0.5, 0.6) is 0 Å². The van der Waals surface area contributed by atoms with Crippen LogP contribution >= 0.6 is 46.2 Å². The number of hydrogen-bond acceptors (Lipinski definition) is 13. The lowest BCUT2D eigenvalue weighted by Crippen LogP contribution is -2.74. The Morgan fingerprint density at radius 2 is 2.27 bits per heavy atom. The van der Waals surface area contributed by atoms with Gasteiger partial charge < -0.3 is 25.9 Å². The van der Waals surface area contributed by atoms with E-state index in [0.29, 0.717) is 4.34 Å².